The first-order chi connectivity index (χ1) is 17.3. The van der Waals surface area contributed by atoms with Gasteiger partial charge in [-0.25, -0.2) is 11.3 Å². The van der Waals surface area contributed by atoms with Crippen molar-refractivity contribution in [2.45, 2.75) is 0 Å². The molecule has 3 nitrogen and oxygen atoms in total. The molecule has 8 aromatic rings. The molecule has 4 heterocycles. The van der Waals surface area contributed by atoms with Crippen LogP contribution in [0.15, 0.2) is 106 Å². The van der Waals surface area contributed by atoms with Crippen LogP contribution in [0.2, 0.25) is 0 Å². The topological polar surface area (TPSA) is 39.2 Å². The molecule has 0 N–H and O–H groups in total. The second-order valence-corrected chi connectivity index (χ2v) is 9.77. The Kier molecular flexibility index (Phi) is 4.87. The van der Waals surface area contributed by atoms with Gasteiger partial charge in [0.05, 0.1) is 0 Å². The third-order valence-electron chi connectivity index (χ3n) is 6.69. The molecule has 4 aromatic heterocycles. The van der Waals surface area contributed by atoms with Crippen molar-refractivity contribution >= 4 is 66.0 Å². The summed E-state index contributed by atoms with van der Waals surface area (Å²) in [5.74, 6) is 0. The number of furan rings is 2. The molecule has 0 aliphatic carbocycles. The van der Waals surface area contributed by atoms with Gasteiger partial charge in [-0.05, 0) is 40.7 Å². The van der Waals surface area contributed by atoms with Gasteiger partial charge in [0, 0.05) is 53.9 Å². The maximum Gasteiger partial charge on any atom is 0.139 e. The van der Waals surface area contributed by atoms with E-state index < -0.39 is 0 Å². The van der Waals surface area contributed by atoms with E-state index in [0.717, 1.165) is 70.3 Å². The SMILES string of the molecule is [Ir].[c-]1cc(-c2ccc3oc4cc5oc6ccccc6c5cc4c3c2)sc1-c1nccc2ccccc12. The molecule has 5 heteroatoms. The van der Waals surface area contributed by atoms with Crippen LogP contribution in [0.1, 0.15) is 0 Å². The summed E-state index contributed by atoms with van der Waals surface area (Å²) in [6.45, 7) is 0. The van der Waals surface area contributed by atoms with Gasteiger partial charge in [0.25, 0.3) is 0 Å². The van der Waals surface area contributed by atoms with Crippen molar-refractivity contribution in [3.63, 3.8) is 0 Å². The average Bonchev–Trinajstić information content (AvgIpc) is 3.62. The van der Waals surface area contributed by atoms with E-state index >= 15 is 0 Å². The first kappa shape index (κ1) is 21.5. The van der Waals surface area contributed by atoms with E-state index in [0.29, 0.717) is 0 Å². The van der Waals surface area contributed by atoms with E-state index in [-0.39, 0.29) is 20.1 Å². The van der Waals surface area contributed by atoms with Gasteiger partial charge in [-0.2, -0.15) is 12.1 Å². The molecule has 0 saturated heterocycles. The van der Waals surface area contributed by atoms with E-state index in [9.17, 15) is 0 Å². The summed E-state index contributed by atoms with van der Waals surface area (Å²) in [5.41, 5.74) is 5.56. The van der Waals surface area contributed by atoms with Gasteiger partial charge >= 0.3 is 0 Å². The molecule has 0 aliphatic heterocycles. The number of hydrogen-bond donors (Lipinski definition) is 0. The number of thiophene rings is 1. The summed E-state index contributed by atoms with van der Waals surface area (Å²) in [5, 5.41) is 6.75. The Morgan fingerprint density at radius 2 is 1.36 bits per heavy atom. The molecule has 0 unspecified atom stereocenters. The molecule has 0 amide bonds. The van der Waals surface area contributed by atoms with E-state index in [4.69, 9.17) is 8.83 Å². The predicted octanol–water partition coefficient (Wildman–Crippen LogP) is 9.23. The third kappa shape index (κ3) is 3.17. The quantitative estimate of drug-likeness (QED) is 0.174. The fourth-order valence-corrected chi connectivity index (χ4v) is 5.97. The van der Waals surface area contributed by atoms with Crippen molar-refractivity contribution < 1.29 is 28.9 Å². The first-order valence-corrected chi connectivity index (χ1v) is 12.3. The van der Waals surface area contributed by atoms with Gasteiger partial charge in [0.1, 0.15) is 22.3 Å². The summed E-state index contributed by atoms with van der Waals surface area (Å²) >= 11 is 1.71. The van der Waals surface area contributed by atoms with E-state index in [2.05, 4.69) is 71.7 Å². The monoisotopic (exact) mass is 659 g/mol. The molecule has 0 aliphatic rings. The van der Waals surface area contributed by atoms with Crippen LogP contribution in [0, 0.1) is 6.07 Å². The summed E-state index contributed by atoms with van der Waals surface area (Å²) in [6.07, 6.45) is 1.87. The number of benzene rings is 4. The average molecular weight is 659 g/mol. The zero-order valence-corrected chi connectivity index (χ0v) is 22.0. The van der Waals surface area contributed by atoms with Crippen molar-refractivity contribution in [1.82, 2.24) is 4.98 Å². The van der Waals surface area contributed by atoms with Gasteiger partial charge in [-0.3, -0.25) is 0 Å². The minimum Gasteiger partial charge on any atom is -0.456 e. The Bertz CT molecular complexity index is 2080. The Morgan fingerprint density at radius 1 is 0.639 bits per heavy atom. The number of aromatic nitrogens is 1. The number of rotatable bonds is 2. The van der Waals surface area contributed by atoms with Crippen LogP contribution in [0.4, 0.5) is 0 Å². The molecular formula is C31H16IrNO2S-. The molecular weight excluding hydrogens is 643 g/mol. The minimum atomic E-state index is 0. The van der Waals surface area contributed by atoms with Gasteiger partial charge in [0.15, 0.2) is 0 Å². The van der Waals surface area contributed by atoms with Gasteiger partial charge in [0.2, 0.25) is 0 Å². The van der Waals surface area contributed by atoms with Crippen LogP contribution in [0.5, 0.6) is 0 Å². The third-order valence-corrected chi connectivity index (χ3v) is 7.78. The maximum absolute atomic E-state index is 6.20. The summed E-state index contributed by atoms with van der Waals surface area (Å²) in [7, 11) is 0. The zero-order chi connectivity index (χ0) is 22.9. The van der Waals surface area contributed by atoms with E-state index in [1.165, 1.54) is 5.39 Å². The van der Waals surface area contributed by atoms with Gasteiger partial charge in [-0.15, -0.1) is 0 Å². The second-order valence-electron chi connectivity index (χ2n) is 8.72. The standard InChI is InChI=1S/C31H16NO2S.Ir/c1-2-6-20-18(5-1)13-14-32-31(20)30-12-11-29(35-30)19-9-10-26-22(15-19)24-16-23-21-7-3-4-8-25(21)33-27(23)17-28(24)34-26;/h1-11,13-17H;/q-1;. The Balaban J connectivity index is 0.00000220. The zero-order valence-electron chi connectivity index (χ0n) is 18.7. The summed E-state index contributed by atoms with van der Waals surface area (Å²) < 4.78 is 12.3. The first-order valence-electron chi connectivity index (χ1n) is 11.5. The van der Waals surface area contributed by atoms with Crippen molar-refractivity contribution in [3.05, 3.63) is 103 Å². The van der Waals surface area contributed by atoms with E-state index in [1.807, 2.05) is 36.5 Å². The smallest absolute Gasteiger partial charge is 0.139 e. The minimum absolute atomic E-state index is 0. The molecule has 0 atom stereocenters. The van der Waals surface area contributed by atoms with Gasteiger partial charge in [-0.1, -0.05) is 69.9 Å². The maximum atomic E-state index is 6.20. The van der Waals surface area contributed by atoms with Crippen LogP contribution in [-0.4, -0.2) is 4.98 Å². The molecule has 0 spiro atoms. The molecule has 0 bridgehead atoms. The van der Waals surface area contributed by atoms with Crippen molar-refractivity contribution in [2.24, 2.45) is 0 Å². The molecule has 4 aromatic carbocycles. The fraction of sp³-hybridized carbons (Fsp3) is 0. The Hall–Kier alpha value is -3.76. The number of nitrogens with zero attached hydrogens (tertiary/aromatic N) is 1. The van der Waals surface area contributed by atoms with Crippen LogP contribution in [0.25, 0.3) is 75.7 Å². The summed E-state index contributed by atoms with van der Waals surface area (Å²) in [6, 6.07) is 34.6. The molecule has 1 radical (unpaired) electrons. The van der Waals surface area contributed by atoms with Crippen molar-refractivity contribution in [1.29, 1.82) is 0 Å². The predicted molar refractivity (Wildman–Crippen MR) is 144 cm³/mol. The number of fused-ring (bicyclic) bond motifs is 7. The normalized spacial score (nSPS) is 11.7. The van der Waals surface area contributed by atoms with Crippen LogP contribution < -0.4 is 0 Å². The summed E-state index contributed by atoms with van der Waals surface area (Å²) in [4.78, 5) is 6.87. The van der Waals surface area contributed by atoms with Gasteiger partial charge < -0.3 is 13.8 Å². The van der Waals surface area contributed by atoms with E-state index in [1.54, 1.807) is 11.3 Å². The molecule has 0 saturated carbocycles. The molecule has 173 valence electrons. The largest absolute Gasteiger partial charge is 0.456 e. The van der Waals surface area contributed by atoms with Crippen LogP contribution in [0.3, 0.4) is 0 Å². The molecule has 0 fully saturated rings. The molecule has 36 heavy (non-hydrogen) atoms. The number of pyridine rings is 1. The van der Waals surface area contributed by atoms with Crippen molar-refractivity contribution in [3.8, 4) is 21.0 Å². The fourth-order valence-electron chi connectivity index (χ4n) is 5.01. The Morgan fingerprint density at radius 3 is 2.25 bits per heavy atom. The second kappa shape index (κ2) is 8.14. The van der Waals surface area contributed by atoms with Crippen LogP contribution >= 0.6 is 11.3 Å². The van der Waals surface area contributed by atoms with Crippen LogP contribution in [-0.2, 0) is 20.1 Å². The number of para-hydroxylation sites is 1. The van der Waals surface area contributed by atoms with Crippen molar-refractivity contribution in [2.75, 3.05) is 0 Å². The Labute approximate surface area is 223 Å². The molecule has 8 rings (SSSR count). The number of hydrogen-bond acceptors (Lipinski definition) is 4.